The zero-order valence-corrected chi connectivity index (χ0v) is 16.0. The van der Waals surface area contributed by atoms with Crippen LogP contribution < -0.4 is 14.8 Å². The van der Waals surface area contributed by atoms with E-state index in [4.69, 9.17) is 21.7 Å². The molecule has 3 atom stereocenters. The number of thiocarbonyl (C=S) groups is 1. The SMILES string of the molecule is S=C(N[C@H]1C[C@@H]2CC[C@@H]1C2)N1CCN(Cc2ccc3c(c2)OCO3)CC1. The van der Waals surface area contributed by atoms with E-state index in [1.807, 2.05) is 6.07 Å². The number of piperazine rings is 1. The monoisotopic (exact) mass is 373 g/mol. The number of rotatable bonds is 3. The van der Waals surface area contributed by atoms with Crippen molar-refractivity contribution in [2.75, 3.05) is 33.0 Å². The Balaban J connectivity index is 1.11. The Labute approximate surface area is 160 Å². The van der Waals surface area contributed by atoms with Crippen LogP contribution in [0.3, 0.4) is 0 Å². The quantitative estimate of drug-likeness (QED) is 0.821. The zero-order chi connectivity index (χ0) is 17.5. The maximum atomic E-state index is 5.71. The van der Waals surface area contributed by atoms with Crippen LogP contribution in [0, 0.1) is 11.8 Å². The summed E-state index contributed by atoms with van der Waals surface area (Å²) < 4.78 is 10.9. The Morgan fingerprint density at radius 3 is 2.69 bits per heavy atom. The molecule has 2 bridgehead atoms. The van der Waals surface area contributed by atoms with E-state index in [0.717, 1.165) is 61.2 Å². The van der Waals surface area contributed by atoms with Gasteiger partial charge < -0.3 is 19.7 Å². The van der Waals surface area contributed by atoms with Gasteiger partial charge in [-0.05, 0) is 61.0 Å². The molecule has 1 aromatic carbocycles. The molecule has 5 nitrogen and oxygen atoms in total. The molecule has 0 spiro atoms. The molecule has 4 aliphatic rings. The van der Waals surface area contributed by atoms with Crippen LogP contribution in [0.15, 0.2) is 18.2 Å². The van der Waals surface area contributed by atoms with Gasteiger partial charge in [0.15, 0.2) is 16.6 Å². The van der Waals surface area contributed by atoms with Crippen LogP contribution in [-0.4, -0.2) is 53.9 Å². The summed E-state index contributed by atoms with van der Waals surface area (Å²) in [6.45, 7) is 5.41. The number of nitrogens with one attached hydrogen (secondary N) is 1. The van der Waals surface area contributed by atoms with Crippen LogP contribution in [0.4, 0.5) is 0 Å². The maximum absolute atomic E-state index is 5.71. The van der Waals surface area contributed by atoms with Crippen LogP contribution in [-0.2, 0) is 6.54 Å². The molecule has 1 N–H and O–H groups in total. The van der Waals surface area contributed by atoms with E-state index >= 15 is 0 Å². The van der Waals surface area contributed by atoms with Crippen LogP contribution in [0.5, 0.6) is 11.5 Å². The average Bonchev–Trinajstić information content (AvgIpc) is 3.38. The topological polar surface area (TPSA) is 37.0 Å². The fourth-order valence-electron chi connectivity index (χ4n) is 5.08. The van der Waals surface area contributed by atoms with Crippen molar-refractivity contribution in [3.05, 3.63) is 23.8 Å². The minimum absolute atomic E-state index is 0.338. The van der Waals surface area contributed by atoms with E-state index in [0.29, 0.717) is 12.8 Å². The number of nitrogens with zero attached hydrogens (tertiary/aromatic N) is 2. The highest BCUT2D eigenvalue weighted by Crippen LogP contribution is 2.44. The summed E-state index contributed by atoms with van der Waals surface area (Å²) in [6.07, 6.45) is 5.58. The molecule has 2 aliphatic carbocycles. The number of hydrogen-bond acceptors (Lipinski definition) is 4. The van der Waals surface area contributed by atoms with Crippen molar-refractivity contribution in [3.8, 4) is 11.5 Å². The number of hydrogen-bond donors (Lipinski definition) is 1. The molecule has 2 aliphatic heterocycles. The Bertz CT molecular complexity index is 690. The molecule has 1 aromatic rings. The maximum Gasteiger partial charge on any atom is 0.231 e. The Hall–Kier alpha value is -1.53. The average molecular weight is 374 g/mol. The summed E-state index contributed by atoms with van der Waals surface area (Å²) in [6, 6.07) is 6.90. The summed E-state index contributed by atoms with van der Waals surface area (Å²) in [5, 5.41) is 4.66. The Kier molecular flexibility index (Phi) is 4.41. The van der Waals surface area contributed by atoms with Gasteiger partial charge in [-0.2, -0.15) is 0 Å². The third kappa shape index (κ3) is 3.25. The van der Waals surface area contributed by atoms with Gasteiger partial charge >= 0.3 is 0 Å². The third-order valence-electron chi connectivity index (χ3n) is 6.55. The van der Waals surface area contributed by atoms with E-state index in [2.05, 4.69) is 27.2 Å². The van der Waals surface area contributed by atoms with Crippen LogP contribution >= 0.6 is 12.2 Å². The van der Waals surface area contributed by atoms with Crippen molar-refractivity contribution in [2.45, 2.75) is 38.3 Å². The van der Waals surface area contributed by atoms with Crippen molar-refractivity contribution in [3.63, 3.8) is 0 Å². The fourth-order valence-corrected chi connectivity index (χ4v) is 5.41. The second kappa shape index (κ2) is 6.89. The standard InChI is InChI=1S/C20H27N3O2S/c26-20(21-17-10-14-1-3-16(17)9-14)23-7-5-22(6-8-23)12-15-2-4-18-19(11-15)25-13-24-18/h2,4,11,14,16-17H,1,3,5-10,12-13H2,(H,21,26)/t14-,16-,17+/m1/s1. The van der Waals surface area contributed by atoms with E-state index in [1.54, 1.807) is 0 Å². The van der Waals surface area contributed by atoms with Gasteiger partial charge in [-0.3, -0.25) is 4.90 Å². The van der Waals surface area contributed by atoms with Gasteiger partial charge in [0.2, 0.25) is 6.79 Å². The fraction of sp³-hybridized carbons (Fsp3) is 0.650. The molecular weight excluding hydrogens is 346 g/mol. The minimum atomic E-state index is 0.338. The lowest BCUT2D eigenvalue weighted by Gasteiger charge is -2.37. The lowest BCUT2D eigenvalue weighted by Crippen LogP contribution is -2.53. The van der Waals surface area contributed by atoms with Crippen molar-refractivity contribution in [1.29, 1.82) is 0 Å². The molecule has 0 aromatic heterocycles. The van der Waals surface area contributed by atoms with Gasteiger partial charge in [0, 0.05) is 38.8 Å². The lowest BCUT2D eigenvalue weighted by atomic mass is 9.95. The third-order valence-corrected chi connectivity index (χ3v) is 6.93. The molecule has 6 heteroatoms. The molecule has 2 saturated carbocycles. The molecule has 5 rings (SSSR count). The zero-order valence-electron chi connectivity index (χ0n) is 15.2. The molecule has 140 valence electrons. The summed E-state index contributed by atoms with van der Waals surface area (Å²) in [5.74, 6) is 3.55. The highest BCUT2D eigenvalue weighted by atomic mass is 32.1. The van der Waals surface area contributed by atoms with Crippen molar-refractivity contribution >= 4 is 17.3 Å². The van der Waals surface area contributed by atoms with Crippen molar-refractivity contribution in [2.24, 2.45) is 11.8 Å². The Morgan fingerprint density at radius 2 is 1.92 bits per heavy atom. The molecular formula is C20H27N3O2S. The molecule has 0 unspecified atom stereocenters. The van der Waals surface area contributed by atoms with E-state index in [1.165, 1.54) is 31.2 Å². The van der Waals surface area contributed by atoms with Gasteiger partial charge in [0.1, 0.15) is 0 Å². The highest BCUT2D eigenvalue weighted by Gasteiger charge is 2.40. The van der Waals surface area contributed by atoms with Crippen LogP contribution in [0.25, 0.3) is 0 Å². The second-order valence-corrected chi connectivity index (χ2v) is 8.57. The molecule has 1 saturated heterocycles. The predicted octanol–water partition coefficient (Wildman–Crippen LogP) is 2.60. The second-order valence-electron chi connectivity index (χ2n) is 8.18. The van der Waals surface area contributed by atoms with Gasteiger partial charge in [-0.15, -0.1) is 0 Å². The van der Waals surface area contributed by atoms with Crippen molar-refractivity contribution in [1.82, 2.24) is 15.1 Å². The minimum Gasteiger partial charge on any atom is -0.454 e. The smallest absolute Gasteiger partial charge is 0.231 e. The normalized spacial score (nSPS) is 30.0. The van der Waals surface area contributed by atoms with E-state index < -0.39 is 0 Å². The van der Waals surface area contributed by atoms with Gasteiger partial charge in [-0.1, -0.05) is 12.5 Å². The first-order valence-corrected chi connectivity index (χ1v) is 10.3. The Morgan fingerprint density at radius 1 is 1.08 bits per heavy atom. The van der Waals surface area contributed by atoms with Gasteiger partial charge in [-0.25, -0.2) is 0 Å². The predicted molar refractivity (Wildman–Crippen MR) is 104 cm³/mol. The number of benzene rings is 1. The first-order chi connectivity index (χ1) is 12.7. The van der Waals surface area contributed by atoms with Crippen LogP contribution in [0.2, 0.25) is 0 Å². The molecule has 2 heterocycles. The van der Waals surface area contributed by atoms with Crippen molar-refractivity contribution < 1.29 is 9.47 Å². The molecule has 26 heavy (non-hydrogen) atoms. The number of fused-ring (bicyclic) bond motifs is 3. The lowest BCUT2D eigenvalue weighted by molar-refractivity contribution is 0.171. The largest absolute Gasteiger partial charge is 0.454 e. The molecule has 0 amide bonds. The highest BCUT2D eigenvalue weighted by molar-refractivity contribution is 7.80. The van der Waals surface area contributed by atoms with E-state index in [-0.39, 0.29) is 0 Å². The summed E-state index contributed by atoms with van der Waals surface area (Å²) >= 11 is 5.71. The number of ether oxygens (including phenoxy) is 2. The van der Waals surface area contributed by atoms with E-state index in [9.17, 15) is 0 Å². The van der Waals surface area contributed by atoms with Gasteiger partial charge in [0.05, 0.1) is 0 Å². The first-order valence-electron chi connectivity index (χ1n) is 9.91. The summed E-state index contributed by atoms with van der Waals surface area (Å²) in [7, 11) is 0. The van der Waals surface area contributed by atoms with Gasteiger partial charge in [0.25, 0.3) is 0 Å². The molecule has 3 fully saturated rings. The summed E-state index contributed by atoms with van der Waals surface area (Å²) in [4.78, 5) is 4.85. The summed E-state index contributed by atoms with van der Waals surface area (Å²) in [5.41, 5.74) is 1.28. The first kappa shape index (κ1) is 16.6. The molecule has 0 radical (unpaired) electrons. The van der Waals surface area contributed by atoms with Crippen LogP contribution in [0.1, 0.15) is 31.2 Å².